The maximum atomic E-state index is 13.0. The van der Waals surface area contributed by atoms with Crippen LogP contribution in [0.4, 0.5) is 10.1 Å². The lowest BCUT2D eigenvalue weighted by molar-refractivity contribution is -0.0424. The monoisotopic (exact) mass is 281 g/mol. The van der Waals surface area contributed by atoms with Crippen molar-refractivity contribution in [2.24, 2.45) is 5.92 Å². The summed E-state index contributed by atoms with van der Waals surface area (Å²) in [5.41, 5.74) is 0.676. The Labute approximate surface area is 120 Å². The Kier molecular flexibility index (Phi) is 5.80. The largest absolute Gasteiger partial charge is 0.389 e. The highest BCUT2D eigenvalue weighted by atomic mass is 19.1. The minimum atomic E-state index is -0.576. The summed E-state index contributed by atoms with van der Waals surface area (Å²) in [6.45, 7) is 2.91. The van der Waals surface area contributed by atoms with Gasteiger partial charge in [0.15, 0.2) is 0 Å². The van der Waals surface area contributed by atoms with Gasteiger partial charge < -0.3 is 15.2 Å². The van der Waals surface area contributed by atoms with Crippen molar-refractivity contribution in [3.8, 4) is 0 Å². The molecule has 0 saturated heterocycles. The van der Waals surface area contributed by atoms with Crippen LogP contribution in [-0.4, -0.2) is 30.5 Å². The second-order valence-electron chi connectivity index (χ2n) is 5.68. The number of rotatable bonds is 6. The molecule has 1 aromatic carbocycles. The molecule has 0 heterocycles. The lowest BCUT2D eigenvalue weighted by Gasteiger charge is -2.29. The van der Waals surface area contributed by atoms with Crippen molar-refractivity contribution in [3.63, 3.8) is 0 Å². The zero-order valence-electron chi connectivity index (χ0n) is 12.0. The quantitative estimate of drug-likeness (QED) is 0.841. The van der Waals surface area contributed by atoms with Gasteiger partial charge >= 0.3 is 0 Å². The van der Waals surface area contributed by atoms with E-state index in [1.54, 1.807) is 12.1 Å². The Morgan fingerprint density at radius 1 is 1.40 bits per heavy atom. The first kappa shape index (κ1) is 15.3. The van der Waals surface area contributed by atoms with Gasteiger partial charge in [-0.3, -0.25) is 0 Å². The van der Waals surface area contributed by atoms with E-state index in [4.69, 9.17) is 4.74 Å². The number of hydrogen-bond donors (Lipinski definition) is 2. The summed E-state index contributed by atoms with van der Waals surface area (Å²) in [5.74, 6) is 0.295. The van der Waals surface area contributed by atoms with Gasteiger partial charge in [-0.1, -0.05) is 25.8 Å². The van der Waals surface area contributed by atoms with Crippen molar-refractivity contribution < 1.29 is 14.2 Å². The second-order valence-corrected chi connectivity index (χ2v) is 5.68. The van der Waals surface area contributed by atoms with E-state index in [-0.39, 0.29) is 11.9 Å². The van der Waals surface area contributed by atoms with E-state index < -0.39 is 6.10 Å². The van der Waals surface area contributed by atoms with E-state index in [1.807, 2.05) is 0 Å². The lowest BCUT2D eigenvalue weighted by Crippen LogP contribution is -2.32. The minimum Gasteiger partial charge on any atom is -0.389 e. The molecular formula is C16H24FNO2. The normalized spacial score (nSPS) is 24.4. The van der Waals surface area contributed by atoms with Crippen molar-refractivity contribution >= 4 is 5.69 Å². The molecule has 1 aromatic rings. The summed E-state index contributed by atoms with van der Waals surface area (Å²) in [7, 11) is 0. The van der Waals surface area contributed by atoms with Crippen LogP contribution in [-0.2, 0) is 4.74 Å². The Bertz CT molecular complexity index is 413. The molecule has 0 spiro atoms. The number of ether oxygens (including phenoxy) is 1. The number of hydrogen-bond acceptors (Lipinski definition) is 3. The van der Waals surface area contributed by atoms with Gasteiger partial charge in [-0.15, -0.1) is 0 Å². The summed E-state index contributed by atoms with van der Waals surface area (Å²) in [4.78, 5) is 0. The summed E-state index contributed by atoms with van der Waals surface area (Å²) in [6, 6.07) is 6.23. The van der Waals surface area contributed by atoms with Gasteiger partial charge in [-0.2, -0.15) is 0 Å². The average molecular weight is 281 g/mol. The highest BCUT2D eigenvalue weighted by Gasteiger charge is 2.22. The maximum absolute atomic E-state index is 13.0. The molecule has 3 unspecified atom stereocenters. The van der Waals surface area contributed by atoms with Gasteiger partial charge in [0.2, 0.25) is 0 Å². The van der Waals surface area contributed by atoms with Crippen molar-refractivity contribution in [2.75, 3.05) is 18.5 Å². The van der Waals surface area contributed by atoms with Gasteiger partial charge in [0.25, 0.3) is 0 Å². The molecule has 0 amide bonds. The van der Waals surface area contributed by atoms with E-state index in [9.17, 15) is 9.50 Å². The first-order chi connectivity index (χ1) is 9.65. The molecule has 1 saturated carbocycles. The molecule has 2 rings (SSSR count). The molecule has 3 atom stereocenters. The van der Waals surface area contributed by atoms with Crippen molar-refractivity contribution in [1.82, 2.24) is 0 Å². The molecule has 112 valence electrons. The smallest absolute Gasteiger partial charge is 0.125 e. The molecule has 1 fully saturated rings. The summed E-state index contributed by atoms with van der Waals surface area (Å²) >= 11 is 0. The standard InChI is InChI=1S/C16H24FNO2/c1-12-5-2-3-8-16(12)20-11-15(19)10-18-14-7-4-6-13(17)9-14/h4,6-7,9,12,15-16,18-19H,2-3,5,8,10-11H2,1H3. The van der Waals surface area contributed by atoms with Crippen molar-refractivity contribution in [2.45, 2.75) is 44.8 Å². The van der Waals surface area contributed by atoms with Crippen LogP contribution in [0.3, 0.4) is 0 Å². The zero-order chi connectivity index (χ0) is 14.4. The zero-order valence-corrected chi connectivity index (χ0v) is 12.0. The van der Waals surface area contributed by atoms with Gasteiger partial charge in [-0.25, -0.2) is 4.39 Å². The van der Waals surface area contributed by atoms with Crippen LogP contribution in [0.5, 0.6) is 0 Å². The molecule has 0 radical (unpaired) electrons. The number of aliphatic hydroxyl groups excluding tert-OH is 1. The Morgan fingerprint density at radius 3 is 2.95 bits per heavy atom. The van der Waals surface area contributed by atoms with Crippen LogP contribution in [0.1, 0.15) is 32.6 Å². The number of aliphatic hydroxyl groups is 1. The van der Waals surface area contributed by atoms with Crippen LogP contribution in [0.25, 0.3) is 0 Å². The molecule has 1 aliphatic rings. The topological polar surface area (TPSA) is 41.5 Å². The number of anilines is 1. The van der Waals surface area contributed by atoms with Crippen LogP contribution in [0, 0.1) is 11.7 Å². The van der Waals surface area contributed by atoms with Gasteiger partial charge in [0.1, 0.15) is 5.82 Å². The molecule has 3 nitrogen and oxygen atoms in total. The molecule has 0 bridgehead atoms. The first-order valence-electron chi connectivity index (χ1n) is 7.44. The van der Waals surface area contributed by atoms with Crippen LogP contribution in [0.2, 0.25) is 0 Å². The second kappa shape index (κ2) is 7.60. The van der Waals surface area contributed by atoms with Crippen molar-refractivity contribution in [1.29, 1.82) is 0 Å². The Morgan fingerprint density at radius 2 is 2.20 bits per heavy atom. The SMILES string of the molecule is CC1CCCCC1OCC(O)CNc1cccc(F)c1. The third kappa shape index (κ3) is 4.76. The average Bonchev–Trinajstić information content (AvgIpc) is 2.44. The fourth-order valence-corrected chi connectivity index (χ4v) is 2.66. The third-order valence-electron chi connectivity index (χ3n) is 3.90. The van der Waals surface area contributed by atoms with E-state index in [1.165, 1.54) is 31.4 Å². The van der Waals surface area contributed by atoms with E-state index in [2.05, 4.69) is 12.2 Å². The van der Waals surface area contributed by atoms with E-state index in [0.717, 1.165) is 6.42 Å². The maximum Gasteiger partial charge on any atom is 0.125 e. The fraction of sp³-hybridized carbons (Fsp3) is 0.625. The molecule has 2 N–H and O–H groups in total. The highest BCUT2D eigenvalue weighted by Crippen LogP contribution is 2.26. The number of halogens is 1. The molecule has 0 aliphatic heterocycles. The number of benzene rings is 1. The van der Waals surface area contributed by atoms with Gasteiger partial charge in [-0.05, 0) is 37.0 Å². The Balaban J connectivity index is 1.68. The molecule has 20 heavy (non-hydrogen) atoms. The summed E-state index contributed by atoms with van der Waals surface area (Å²) < 4.78 is 18.8. The molecular weight excluding hydrogens is 257 g/mol. The van der Waals surface area contributed by atoms with E-state index >= 15 is 0 Å². The van der Waals surface area contributed by atoms with Crippen LogP contribution >= 0.6 is 0 Å². The third-order valence-corrected chi connectivity index (χ3v) is 3.90. The lowest BCUT2D eigenvalue weighted by atomic mass is 9.88. The summed E-state index contributed by atoms with van der Waals surface area (Å²) in [6.07, 6.45) is 4.49. The van der Waals surface area contributed by atoms with Crippen LogP contribution < -0.4 is 5.32 Å². The van der Waals surface area contributed by atoms with E-state index in [0.29, 0.717) is 24.8 Å². The molecule has 0 aromatic heterocycles. The minimum absolute atomic E-state index is 0.271. The summed E-state index contributed by atoms with van der Waals surface area (Å²) in [5, 5.41) is 12.9. The predicted octanol–water partition coefficient (Wildman–Crippen LogP) is 3.19. The van der Waals surface area contributed by atoms with Gasteiger partial charge in [0, 0.05) is 12.2 Å². The van der Waals surface area contributed by atoms with Crippen LogP contribution in [0.15, 0.2) is 24.3 Å². The van der Waals surface area contributed by atoms with Crippen molar-refractivity contribution in [3.05, 3.63) is 30.1 Å². The van der Waals surface area contributed by atoms with Gasteiger partial charge in [0.05, 0.1) is 18.8 Å². The molecule has 1 aliphatic carbocycles. The fourth-order valence-electron chi connectivity index (χ4n) is 2.66. The predicted molar refractivity (Wildman–Crippen MR) is 78.3 cm³/mol. The number of nitrogens with one attached hydrogen (secondary N) is 1. The molecule has 4 heteroatoms. The first-order valence-corrected chi connectivity index (χ1v) is 7.44. The Hall–Kier alpha value is -1.13. The highest BCUT2D eigenvalue weighted by molar-refractivity contribution is 5.43.